The molecule has 2 heterocycles. The molecule has 1 atom stereocenters. The van der Waals surface area contributed by atoms with E-state index in [-0.39, 0.29) is 18.3 Å². The fraction of sp³-hybridized carbons (Fsp3) is 0.357. The van der Waals surface area contributed by atoms with Crippen LogP contribution in [0.2, 0.25) is 0 Å². The van der Waals surface area contributed by atoms with Crippen LogP contribution in [0.25, 0.3) is 12.2 Å². The highest BCUT2D eigenvalue weighted by Gasteiger charge is 2.27. The summed E-state index contributed by atoms with van der Waals surface area (Å²) in [6.45, 7) is 3.70. The third kappa shape index (κ3) is 4.94. The van der Waals surface area contributed by atoms with E-state index in [9.17, 15) is 4.79 Å². The highest BCUT2D eigenvalue weighted by molar-refractivity contribution is 7.16. The summed E-state index contributed by atoms with van der Waals surface area (Å²) >= 11 is 1.28. The number of hydrogen-bond acceptors (Lipinski definition) is 6. The molecule has 6 nitrogen and oxygen atoms in total. The minimum atomic E-state index is -0.898. The second kappa shape index (κ2) is 8.07. The van der Waals surface area contributed by atoms with E-state index in [1.807, 2.05) is 13.0 Å². The number of nitrogens with zero attached hydrogens (tertiary/aromatic N) is 2. The second-order valence-corrected chi connectivity index (χ2v) is 5.92. The highest BCUT2D eigenvalue weighted by atomic mass is 35.5. The first-order chi connectivity index (χ1) is 10.0. The summed E-state index contributed by atoms with van der Waals surface area (Å²) in [5.41, 5.74) is 5.07. The molecule has 2 aromatic rings. The van der Waals surface area contributed by atoms with Crippen LogP contribution in [0.4, 0.5) is 5.13 Å². The van der Waals surface area contributed by atoms with E-state index in [0.717, 1.165) is 12.2 Å². The maximum absolute atomic E-state index is 12.0. The first-order valence-corrected chi connectivity index (χ1v) is 7.48. The van der Waals surface area contributed by atoms with E-state index in [1.165, 1.54) is 11.3 Å². The number of anilines is 1. The number of rotatable bonds is 6. The molecule has 2 rings (SSSR count). The Kier molecular flexibility index (Phi) is 6.73. The van der Waals surface area contributed by atoms with Crippen LogP contribution >= 0.6 is 23.7 Å². The Labute approximate surface area is 139 Å². The van der Waals surface area contributed by atoms with Gasteiger partial charge in [0.15, 0.2) is 0 Å². The molecular formula is C14H19ClN4O2S. The van der Waals surface area contributed by atoms with Gasteiger partial charge in [0.05, 0.1) is 11.8 Å². The Hall–Kier alpha value is -1.70. The van der Waals surface area contributed by atoms with E-state index in [0.29, 0.717) is 16.6 Å². The van der Waals surface area contributed by atoms with Gasteiger partial charge in [0.25, 0.3) is 0 Å². The van der Waals surface area contributed by atoms with Crippen LogP contribution < -0.4 is 11.1 Å². The van der Waals surface area contributed by atoms with Crippen LogP contribution in [0.1, 0.15) is 37.5 Å². The molecule has 1 unspecified atom stereocenters. The summed E-state index contributed by atoms with van der Waals surface area (Å²) < 4.78 is 5.18. The predicted octanol–water partition coefficient (Wildman–Crippen LogP) is 3.18. The van der Waals surface area contributed by atoms with Crippen molar-refractivity contribution >= 4 is 46.9 Å². The number of nitrogens with two attached hydrogens (primary N) is 1. The van der Waals surface area contributed by atoms with Gasteiger partial charge in [0, 0.05) is 0 Å². The van der Waals surface area contributed by atoms with Crippen LogP contribution in [0.3, 0.4) is 0 Å². The molecule has 0 spiro atoms. The van der Waals surface area contributed by atoms with Crippen molar-refractivity contribution in [3.05, 3.63) is 29.2 Å². The standard InChI is InChI=1S/C14H18N4O2S.ClH/c1-3-8-14(2,15)12(19)16-13-18-17-11(21-13)7-6-10-5-4-9-20-10;/h4-7,9H,3,8,15H2,1-2H3,(H,16,18,19);1H/b7-6+;. The zero-order chi connectivity index (χ0) is 15.3. The van der Waals surface area contributed by atoms with E-state index >= 15 is 0 Å². The predicted molar refractivity (Wildman–Crippen MR) is 90.9 cm³/mol. The van der Waals surface area contributed by atoms with Crippen molar-refractivity contribution in [2.75, 3.05) is 5.32 Å². The summed E-state index contributed by atoms with van der Waals surface area (Å²) in [5, 5.41) is 11.7. The molecule has 120 valence electrons. The Morgan fingerprint density at radius 2 is 2.27 bits per heavy atom. The molecule has 0 fully saturated rings. The van der Waals surface area contributed by atoms with Crippen LogP contribution in [0.5, 0.6) is 0 Å². The van der Waals surface area contributed by atoms with Crippen molar-refractivity contribution in [2.24, 2.45) is 5.73 Å². The van der Waals surface area contributed by atoms with Gasteiger partial charge >= 0.3 is 0 Å². The Balaban J connectivity index is 0.00000242. The molecule has 0 bridgehead atoms. The monoisotopic (exact) mass is 342 g/mol. The fourth-order valence-electron chi connectivity index (χ4n) is 1.76. The summed E-state index contributed by atoms with van der Waals surface area (Å²) in [6, 6.07) is 3.64. The van der Waals surface area contributed by atoms with Gasteiger partial charge in [-0.15, -0.1) is 22.6 Å². The number of amides is 1. The largest absolute Gasteiger partial charge is 0.465 e. The van der Waals surface area contributed by atoms with E-state index in [4.69, 9.17) is 10.2 Å². The SMILES string of the molecule is CCCC(C)(N)C(=O)Nc1nnc(/C=C/c2ccco2)s1.Cl. The number of halogens is 1. The topological polar surface area (TPSA) is 94.0 Å². The minimum absolute atomic E-state index is 0. The Morgan fingerprint density at radius 1 is 1.50 bits per heavy atom. The number of nitrogens with one attached hydrogen (secondary N) is 1. The fourth-order valence-corrected chi connectivity index (χ4v) is 2.41. The second-order valence-electron chi connectivity index (χ2n) is 4.92. The minimum Gasteiger partial charge on any atom is -0.465 e. The van der Waals surface area contributed by atoms with Crippen molar-refractivity contribution in [3.63, 3.8) is 0 Å². The van der Waals surface area contributed by atoms with Gasteiger partial charge in [-0.2, -0.15) is 0 Å². The quantitative estimate of drug-likeness (QED) is 0.840. The molecular weight excluding hydrogens is 324 g/mol. The summed E-state index contributed by atoms with van der Waals surface area (Å²) in [4.78, 5) is 12.0. The van der Waals surface area contributed by atoms with E-state index < -0.39 is 5.54 Å². The molecule has 22 heavy (non-hydrogen) atoms. The first kappa shape index (κ1) is 18.3. The van der Waals surface area contributed by atoms with Gasteiger partial charge in [-0.05, 0) is 37.6 Å². The molecule has 0 aliphatic rings. The highest BCUT2D eigenvalue weighted by Crippen LogP contribution is 2.20. The number of carbonyl (C=O) groups excluding carboxylic acids is 1. The smallest absolute Gasteiger partial charge is 0.245 e. The first-order valence-electron chi connectivity index (χ1n) is 6.66. The van der Waals surface area contributed by atoms with Gasteiger partial charge in [-0.3, -0.25) is 10.1 Å². The molecule has 0 aliphatic heterocycles. The number of hydrogen-bond donors (Lipinski definition) is 2. The van der Waals surface area contributed by atoms with Gasteiger partial charge in [-0.25, -0.2) is 0 Å². The van der Waals surface area contributed by atoms with Crippen molar-refractivity contribution in [2.45, 2.75) is 32.2 Å². The van der Waals surface area contributed by atoms with Gasteiger partial charge in [-0.1, -0.05) is 24.7 Å². The van der Waals surface area contributed by atoms with Crippen LogP contribution in [-0.4, -0.2) is 21.6 Å². The van der Waals surface area contributed by atoms with Crippen molar-refractivity contribution in [1.82, 2.24) is 10.2 Å². The zero-order valence-electron chi connectivity index (χ0n) is 12.4. The molecule has 0 aliphatic carbocycles. The molecule has 0 radical (unpaired) electrons. The van der Waals surface area contributed by atoms with Gasteiger partial charge in [0.1, 0.15) is 10.8 Å². The van der Waals surface area contributed by atoms with Crippen molar-refractivity contribution < 1.29 is 9.21 Å². The number of carbonyl (C=O) groups is 1. The lowest BCUT2D eigenvalue weighted by Crippen LogP contribution is -2.48. The molecule has 1 amide bonds. The van der Waals surface area contributed by atoms with Gasteiger partial charge < -0.3 is 10.2 Å². The maximum atomic E-state index is 12.0. The Morgan fingerprint density at radius 3 is 2.91 bits per heavy atom. The normalized spacial score (nSPS) is 13.6. The third-order valence-electron chi connectivity index (χ3n) is 2.88. The molecule has 0 saturated carbocycles. The lowest BCUT2D eigenvalue weighted by molar-refractivity contribution is -0.120. The van der Waals surface area contributed by atoms with Crippen molar-refractivity contribution in [1.29, 1.82) is 0 Å². The molecule has 3 N–H and O–H groups in total. The number of furan rings is 1. The lowest BCUT2D eigenvalue weighted by Gasteiger charge is -2.21. The Bertz CT molecular complexity index is 623. The maximum Gasteiger partial charge on any atom is 0.245 e. The third-order valence-corrected chi connectivity index (χ3v) is 3.69. The summed E-state index contributed by atoms with van der Waals surface area (Å²) in [7, 11) is 0. The van der Waals surface area contributed by atoms with E-state index in [1.54, 1.807) is 31.4 Å². The zero-order valence-corrected chi connectivity index (χ0v) is 14.0. The number of aromatic nitrogens is 2. The van der Waals surface area contributed by atoms with E-state index in [2.05, 4.69) is 15.5 Å². The molecule has 0 aromatic carbocycles. The van der Waals surface area contributed by atoms with Crippen molar-refractivity contribution in [3.8, 4) is 0 Å². The average Bonchev–Trinajstić information content (AvgIpc) is 3.07. The molecule has 0 saturated heterocycles. The average molecular weight is 343 g/mol. The molecule has 8 heteroatoms. The summed E-state index contributed by atoms with van der Waals surface area (Å²) in [6.07, 6.45) is 6.62. The van der Waals surface area contributed by atoms with Crippen LogP contribution in [0.15, 0.2) is 22.8 Å². The lowest BCUT2D eigenvalue weighted by atomic mass is 9.97. The molecule has 2 aromatic heterocycles. The van der Waals surface area contributed by atoms with Crippen LogP contribution in [0, 0.1) is 0 Å². The summed E-state index contributed by atoms with van der Waals surface area (Å²) in [5.74, 6) is 0.482. The van der Waals surface area contributed by atoms with Crippen LogP contribution in [-0.2, 0) is 4.79 Å². The van der Waals surface area contributed by atoms with Gasteiger partial charge in [0.2, 0.25) is 11.0 Å².